The highest BCUT2D eigenvalue weighted by molar-refractivity contribution is 7.89. The largest absolute Gasteiger partial charge is 0.456 e. The van der Waals surface area contributed by atoms with Crippen LogP contribution in [0.4, 0.5) is 0 Å². The van der Waals surface area contributed by atoms with Crippen molar-refractivity contribution in [3.63, 3.8) is 0 Å². The maximum atomic E-state index is 12.4. The standard InChI is InChI=1S/C22H21NO5S/c1-2-16-7-9-18(10-8-16)21(24)15-28-22(25)14-23-29(26,27)20-12-11-17-5-3-4-6-19(17)13-20/h3-13,23H,2,14-15H2,1H3. The molecule has 0 heterocycles. The first-order chi connectivity index (χ1) is 13.9. The number of aryl methyl sites for hydroxylation is 1. The van der Waals surface area contributed by atoms with E-state index in [1.165, 1.54) is 12.1 Å². The molecule has 29 heavy (non-hydrogen) atoms. The number of Topliss-reactive ketones (excluding diaryl/α,β-unsaturated/α-hetero) is 1. The molecule has 0 aliphatic rings. The Labute approximate surface area is 169 Å². The van der Waals surface area contributed by atoms with Crippen molar-refractivity contribution in [1.29, 1.82) is 0 Å². The maximum absolute atomic E-state index is 12.4. The highest BCUT2D eigenvalue weighted by Gasteiger charge is 2.17. The Kier molecular flexibility index (Phi) is 6.41. The van der Waals surface area contributed by atoms with E-state index in [4.69, 9.17) is 4.74 Å². The molecule has 150 valence electrons. The van der Waals surface area contributed by atoms with Crippen molar-refractivity contribution in [2.24, 2.45) is 0 Å². The highest BCUT2D eigenvalue weighted by Crippen LogP contribution is 2.18. The Morgan fingerprint density at radius 2 is 1.62 bits per heavy atom. The van der Waals surface area contributed by atoms with Crippen molar-refractivity contribution in [2.45, 2.75) is 18.2 Å². The fraction of sp³-hybridized carbons (Fsp3) is 0.182. The summed E-state index contributed by atoms with van der Waals surface area (Å²) in [4.78, 5) is 24.0. The highest BCUT2D eigenvalue weighted by atomic mass is 32.2. The van der Waals surface area contributed by atoms with Gasteiger partial charge in [0, 0.05) is 5.56 Å². The first-order valence-electron chi connectivity index (χ1n) is 9.15. The number of carbonyl (C=O) groups is 2. The predicted molar refractivity (Wildman–Crippen MR) is 110 cm³/mol. The molecule has 3 aromatic carbocycles. The zero-order chi connectivity index (χ0) is 20.9. The molecule has 0 spiro atoms. The van der Waals surface area contributed by atoms with Crippen LogP contribution in [-0.4, -0.2) is 33.3 Å². The molecule has 0 saturated heterocycles. The van der Waals surface area contributed by atoms with E-state index in [2.05, 4.69) is 4.72 Å². The number of ether oxygens (including phenoxy) is 1. The van der Waals surface area contributed by atoms with Crippen molar-refractivity contribution in [3.05, 3.63) is 77.9 Å². The molecule has 0 bridgehead atoms. The van der Waals surface area contributed by atoms with Gasteiger partial charge in [-0.1, -0.05) is 61.5 Å². The smallest absolute Gasteiger partial charge is 0.321 e. The monoisotopic (exact) mass is 411 g/mol. The summed E-state index contributed by atoms with van der Waals surface area (Å²) in [6.45, 7) is 1.01. The molecule has 3 aromatic rings. The number of rotatable bonds is 8. The molecule has 0 fully saturated rings. The average molecular weight is 411 g/mol. The van der Waals surface area contributed by atoms with Gasteiger partial charge in [-0.3, -0.25) is 9.59 Å². The van der Waals surface area contributed by atoms with Crippen LogP contribution in [0.2, 0.25) is 0 Å². The molecule has 0 atom stereocenters. The lowest BCUT2D eigenvalue weighted by atomic mass is 10.1. The summed E-state index contributed by atoms with van der Waals surface area (Å²) < 4.78 is 31.9. The Hall–Kier alpha value is -3.03. The number of fused-ring (bicyclic) bond motifs is 1. The predicted octanol–water partition coefficient (Wildman–Crippen LogP) is 3.11. The first kappa shape index (κ1) is 20.7. The van der Waals surface area contributed by atoms with Crippen molar-refractivity contribution in [2.75, 3.05) is 13.2 Å². The Morgan fingerprint density at radius 3 is 2.31 bits per heavy atom. The van der Waals surface area contributed by atoms with E-state index in [1.54, 1.807) is 24.3 Å². The van der Waals surface area contributed by atoms with Gasteiger partial charge in [0.05, 0.1) is 4.90 Å². The summed E-state index contributed by atoms with van der Waals surface area (Å²) in [7, 11) is -3.88. The molecule has 3 rings (SSSR count). The fourth-order valence-corrected chi connectivity index (χ4v) is 3.78. The van der Waals surface area contributed by atoms with Gasteiger partial charge in [0.1, 0.15) is 6.54 Å². The molecule has 0 amide bonds. The van der Waals surface area contributed by atoms with Crippen LogP contribution >= 0.6 is 0 Å². The van der Waals surface area contributed by atoms with Gasteiger partial charge in [0.15, 0.2) is 12.4 Å². The third-order valence-electron chi connectivity index (χ3n) is 4.49. The van der Waals surface area contributed by atoms with Crippen LogP contribution in [0, 0.1) is 0 Å². The van der Waals surface area contributed by atoms with Gasteiger partial charge >= 0.3 is 5.97 Å². The molecular formula is C22H21NO5S. The van der Waals surface area contributed by atoms with E-state index in [1.807, 2.05) is 37.3 Å². The molecule has 6 nitrogen and oxygen atoms in total. The van der Waals surface area contributed by atoms with Gasteiger partial charge in [-0.05, 0) is 34.9 Å². The quantitative estimate of drug-likeness (QED) is 0.454. The second kappa shape index (κ2) is 8.98. The summed E-state index contributed by atoms with van der Waals surface area (Å²) >= 11 is 0. The SMILES string of the molecule is CCc1ccc(C(=O)COC(=O)CNS(=O)(=O)c2ccc3ccccc3c2)cc1. The molecule has 1 N–H and O–H groups in total. The fourth-order valence-electron chi connectivity index (χ4n) is 2.78. The van der Waals surface area contributed by atoms with Crippen molar-refractivity contribution in [1.82, 2.24) is 4.72 Å². The zero-order valence-electron chi connectivity index (χ0n) is 15.9. The number of esters is 1. The normalized spacial score (nSPS) is 11.3. The van der Waals surface area contributed by atoms with Crippen LogP contribution in [0.25, 0.3) is 10.8 Å². The first-order valence-corrected chi connectivity index (χ1v) is 10.6. The van der Waals surface area contributed by atoms with Gasteiger partial charge < -0.3 is 4.74 Å². The molecule has 0 unspecified atom stereocenters. The maximum Gasteiger partial charge on any atom is 0.321 e. The lowest BCUT2D eigenvalue weighted by Crippen LogP contribution is -2.31. The molecule has 0 aliphatic heterocycles. The summed E-state index contributed by atoms with van der Waals surface area (Å²) in [6.07, 6.45) is 0.862. The average Bonchev–Trinajstić information content (AvgIpc) is 2.75. The van der Waals surface area contributed by atoms with E-state index in [0.29, 0.717) is 5.56 Å². The van der Waals surface area contributed by atoms with Crippen molar-refractivity contribution in [3.8, 4) is 0 Å². The van der Waals surface area contributed by atoms with Crippen LogP contribution < -0.4 is 4.72 Å². The zero-order valence-corrected chi connectivity index (χ0v) is 16.7. The van der Waals surface area contributed by atoms with Gasteiger partial charge in [0.25, 0.3) is 0 Å². The van der Waals surface area contributed by atoms with E-state index < -0.39 is 29.1 Å². The second-order valence-corrected chi connectivity index (χ2v) is 8.23. The molecule has 7 heteroatoms. The van der Waals surface area contributed by atoms with Gasteiger partial charge in [-0.15, -0.1) is 0 Å². The number of hydrogen-bond acceptors (Lipinski definition) is 5. The lowest BCUT2D eigenvalue weighted by molar-refractivity contribution is -0.141. The van der Waals surface area contributed by atoms with E-state index in [-0.39, 0.29) is 10.7 Å². The molecule has 0 aliphatic carbocycles. The summed E-state index contributed by atoms with van der Waals surface area (Å²) in [5.74, 6) is -1.17. The van der Waals surface area contributed by atoms with Crippen LogP contribution in [0.1, 0.15) is 22.8 Å². The Balaban J connectivity index is 1.55. The van der Waals surface area contributed by atoms with Crippen LogP contribution in [0.3, 0.4) is 0 Å². The third kappa shape index (κ3) is 5.28. The number of ketones is 1. The minimum absolute atomic E-state index is 0.0519. The van der Waals surface area contributed by atoms with E-state index in [9.17, 15) is 18.0 Å². The van der Waals surface area contributed by atoms with Crippen molar-refractivity contribution < 1.29 is 22.7 Å². The summed E-state index contributed by atoms with van der Waals surface area (Å²) in [6, 6.07) is 19.1. The van der Waals surface area contributed by atoms with Crippen LogP contribution in [-0.2, 0) is 26.0 Å². The van der Waals surface area contributed by atoms with Gasteiger partial charge in [-0.25, -0.2) is 8.42 Å². The topological polar surface area (TPSA) is 89.5 Å². The lowest BCUT2D eigenvalue weighted by Gasteiger charge is -2.08. The van der Waals surface area contributed by atoms with Crippen LogP contribution in [0.5, 0.6) is 0 Å². The van der Waals surface area contributed by atoms with E-state index >= 15 is 0 Å². The number of nitrogens with one attached hydrogen (secondary N) is 1. The van der Waals surface area contributed by atoms with Crippen LogP contribution in [0.15, 0.2) is 71.6 Å². The summed E-state index contributed by atoms with van der Waals surface area (Å²) in [5, 5.41) is 1.69. The van der Waals surface area contributed by atoms with E-state index in [0.717, 1.165) is 22.8 Å². The Bertz CT molecular complexity index is 1140. The summed E-state index contributed by atoms with van der Waals surface area (Å²) in [5.41, 5.74) is 1.54. The molecular weight excluding hydrogens is 390 g/mol. The Morgan fingerprint density at radius 1 is 0.931 bits per heavy atom. The second-order valence-electron chi connectivity index (χ2n) is 6.47. The third-order valence-corrected chi connectivity index (χ3v) is 5.89. The van der Waals surface area contributed by atoms with Gasteiger partial charge in [-0.2, -0.15) is 4.72 Å². The minimum Gasteiger partial charge on any atom is -0.456 e. The molecule has 0 aromatic heterocycles. The van der Waals surface area contributed by atoms with Crippen molar-refractivity contribution >= 4 is 32.5 Å². The number of carbonyl (C=O) groups excluding carboxylic acids is 2. The molecule has 0 saturated carbocycles. The molecule has 0 radical (unpaired) electrons. The number of hydrogen-bond donors (Lipinski definition) is 1. The number of sulfonamides is 1. The minimum atomic E-state index is -3.88. The van der Waals surface area contributed by atoms with Gasteiger partial charge in [0.2, 0.25) is 10.0 Å². The number of benzene rings is 3.